The Morgan fingerprint density at radius 3 is 2.67 bits per heavy atom. The van der Waals surface area contributed by atoms with Crippen LogP contribution in [0.3, 0.4) is 0 Å². The lowest BCUT2D eigenvalue weighted by Crippen LogP contribution is -2.47. The zero-order valence-corrected chi connectivity index (χ0v) is 10.4. The molecule has 0 aromatic heterocycles. The molecule has 5 nitrogen and oxygen atoms in total. The van der Waals surface area contributed by atoms with Crippen LogP contribution in [0.25, 0.3) is 0 Å². The number of likely N-dealkylation sites (N-methyl/N-ethyl adjacent to an activating group) is 1. The molecule has 15 heavy (non-hydrogen) atoms. The smallest absolute Gasteiger partial charge is 0.154 e. The highest BCUT2D eigenvalue weighted by atomic mass is 32.1. The van der Waals surface area contributed by atoms with Gasteiger partial charge >= 0.3 is 0 Å². The molecule has 0 amide bonds. The van der Waals surface area contributed by atoms with Gasteiger partial charge in [0.2, 0.25) is 0 Å². The maximum Gasteiger partial charge on any atom is 0.154 e. The highest BCUT2D eigenvalue weighted by Crippen LogP contribution is 2.06. The van der Waals surface area contributed by atoms with E-state index in [1.54, 1.807) is 5.23 Å². The van der Waals surface area contributed by atoms with Gasteiger partial charge in [-0.15, -0.1) is 23.0 Å². The second-order valence-electron chi connectivity index (χ2n) is 3.10. The van der Waals surface area contributed by atoms with E-state index >= 15 is 0 Å². The van der Waals surface area contributed by atoms with Gasteiger partial charge in [-0.05, 0) is 13.8 Å². The Balaban J connectivity index is 2.75. The number of nitrogens with one attached hydrogen (secondary N) is 2. The molecular formula is C9H19N5S. The Morgan fingerprint density at radius 1 is 1.47 bits per heavy atom. The van der Waals surface area contributed by atoms with Crippen LogP contribution in [0.1, 0.15) is 20.8 Å². The van der Waals surface area contributed by atoms with Gasteiger partial charge in [0, 0.05) is 25.7 Å². The fraction of sp³-hybridized carbons (Fsp3) is 0.667. The van der Waals surface area contributed by atoms with Crippen molar-refractivity contribution in [2.24, 2.45) is 5.10 Å². The summed E-state index contributed by atoms with van der Waals surface area (Å²) in [6.07, 6.45) is 1.92. The Hall–Kier alpha value is -0.880. The topological polar surface area (TPSA) is 42.9 Å². The molecule has 0 saturated heterocycles. The lowest BCUT2D eigenvalue weighted by molar-refractivity contribution is 0.142. The Bertz CT molecular complexity index is 259. The van der Waals surface area contributed by atoms with Crippen molar-refractivity contribution in [2.75, 3.05) is 19.6 Å². The molecule has 0 aromatic carbocycles. The number of hydrazone groups is 1. The molecule has 0 aliphatic carbocycles. The molecule has 1 heterocycles. The van der Waals surface area contributed by atoms with Gasteiger partial charge in [-0.25, -0.2) is 0 Å². The number of rotatable bonds is 4. The summed E-state index contributed by atoms with van der Waals surface area (Å²) in [6, 6.07) is 0. The number of hydrogen-bond acceptors (Lipinski definition) is 6. The Morgan fingerprint density at radius 2 is 2.13 bits per heavy atom. The maximum absolute atomic E-state index is 4.39. The molecule has 0 spiro atoms. The van der Waals surface area contributed by atoms with Crippen molar-refractivity contribution in [1.82, 2.24) is 21.0 Å². The van der Waals surface area contributed by atoms with E-state index in [9.17, 15) is 0 Å². The van der Waals surface area contributed by atoms with Crippen LogP contribution in [0.5, 0.6) is 0 Å². The minimum Gasteiger partial charge on any atom is -0.356 e. The predicted octanol–water partition coefficient (Wildman–Crippen LogP) is 0.758. The quantitative estimate of drug-likeness (QED) is 0.623. The normalized spacial score (nSPS) is 15.6. The van der Waals surface area contributed by atoms with Crippen molar-refractivity contribution in [3.8, 4) is 0 Å². The first-order chi connectivity index (χ1) is 7.21. The lowest BCUT2D eigenvalue weighted by Gasteiger charge is -2.29. The molecule has 0 atom stereocenters. The van der Waals surface area contributed by atoms with Crippen LogP contribution in [0.15, 0.2) is 16.2 Å². The van der Waals surface area contributed by atoms with Crippen LogP contribution in [-0.4, -0.2) is 35.6 Å². The molecule has 0 fully saturated rings. The van der Waals surface area contributed by atoms with Crippen molar-refractivity contribution in [1.29, 1.82) is 0 Å². The van der Waals surface area contributed by atoms with Gasteiger partial charge in [0.25, 0.3) is 0 Å². The first-order valence-corrected chi connectivity index (χ1v) is 5.70. The molecule has 2 N–H and O–H groups in total. The number of hydrazine groups is 2. The summed E-state index contributed by atoms with van der Waals surface area (Å²) in [4.78, 5) is 2.17. The molecule has 6 heteroatoms. The largest absolute Gasteiger partial charge is 0.356 e. The monoisotopic (exact) mass is 229 g/mol. The summed E-state index contributed by atoms with van der Waals surface area (Å²) in [5.74, 6) is 0.921. The molecule has 86 valence electrons. The van der Waals surface area contributed by atoms with Gasteiger partial charge in [-0.2, -0.15) is 5.43 Å². The molecule has 0 saturated carbocycles. The number of thiol groups is 1. The van der Waals surface area contributed by atoms with Crippen LogP contribution >= 0.6 is 12.6 Å². The first kappa shape index (κ1) is 12.2. The van der Waals surface area contributed by atoms with E-state index in [-0.39, 0.29) is 0 Å². The van der Waals surface area contributed by atoms with Crippen molar-refractivity contribution in [2.45, 2.75) is 20.8 Å². The SMILES string of the molecule is CCNN1N=C(N(CC)CC)C=C(S)N1. The molecule has 0 aromatic rings. The molecular weight excluding hydrogens is 210 g/mol. The third-order valence-electron chi connectivity index (χ3n) is 2.08. The van der Waals surface area contributed by atoms with Gasteiger partial charge in [0.1, 0.15) is 0 Å². The summed E-state index contributed by atoms with van der Waals surface area (Å²) < 4.78 is 0. The summed E-state index contributed by atoms with van der Waals surface area (Å²) in [7, 11) is 0. The van der Waals surface area contributed by atoms with Crippen LogP contribution in [-0.2, 0) is 0 Å². The summed E-state index contributed by atoms with van der Waals surface area (Å²) in [6.45, 7) is 8.92. The van der Waals surface area contributed by atoms with Gasteiger partial charge in [-0.3, -0.25) is 5.43 Å². The first-order valence-electron chi connectivity index (χ1n) is 5.25. The van der Waals surface area contributed by atoms with Crippen LogP contribution < -0.4 is 10.9 Å². The number of hydrogen-bond donors (Lipinski definition) is 3. The Kier molecular flexibility index (Phi) is 4.77. The van der Waals surface area contributed by atoms with Crippen molar-refractivity contribution in [3.05, 3.63) is 11.1 Å². The van der Waals surface area contributed by atoms with Crippen molar-refractivity contribution < 1.29 is 0 Å². The maximum atomic E-state index is 4.39. The zero-order chi connectivity index (χ0) is 11.3. The second kappa shape index (κ2) is 5.87. The van der Waals surface area contributed by atoms with E-state index in [4.69, 9.17) is 0 Å². The fourth-order valence-corrected chi connectivity index (χ4v) is 1.56. The summed E-state index contributed by atoms with van der Waals surface area (Å²) in [5, 5.41) is 6.77. The average molecular weight is 229 g/mol. The third kappa shape index (κ3) is 3.32. The van der Waals surface area contributed by atoms with Gasteiger partial charge in [0.05, 0.1) is 5.03 Å². The lowest BCUT2D eigenvalue weighted by atomic mass is 10.4. The van der Waals surface area contributed by atoms with E-state index in [1.165, 1.54) is 0 Å². The Labute approximate surface area is 96.5 Å². The van der Waals surface area contributed by atoms with Gasteiger partial charge in [-0.1, -0.05) is 6.92 Å². The molecule has 0 unspecified atom stereocenters. The van der Waals surface area contributed by atoms with E-state index in [0.717, 1.165) is 30.5 Å². The molecule has 1 rings (SSSR count). The number of amidine groups is 1. The average Bonchev–Trinajstić information content (AvgIpc) is 2.19. The van der Waals surface area contributed by atoms with Crippen LogP contribution in [0, 0.1) is 0 Å². The second-order valence-corrected chi connectivity index (χ2v) is 3.58. The van der Waals surface area contributed by atoms with E-state index < -0.39 is 0 Å². The minimum absolute atomic E-state index is 0.785. The van der Waals surface area contributed by atoms with E-state index in [2.05, 4.69) is 47.3 Å². The van der Waals surface area contributed by atoms with Gasteiger partial charge in [0.15, 0.2) is 5.84 Å². The summed E-state index contributed by atoms with van der Waals surface area (Å²) >= 11 is 4.31. The molecule has 1 aliphatic heterocycles. The zero-order valence-electron chi connectivity index (χ0n) is 9.49. The predicted molar refractivity (Wildman–Crippen MR) is 66.1 cm³/mol. The van der Waals surface area contributed by atoms with Crippen LogP contribution in [0.4, 0.5) is 0 Å². The molecule has 1 aliphatic rings. The van der Waals surface area contributed by atoms with E-state index in [0.29, 0.717) is 0 Å². The standard InChI is InChI=1S/C9H19N5S/c1-4-10-14-11-8(7-9(15)12-14)13(5-2)6-3/h7,10,12,15H,4-6H2,1-3H3. The van der Waals surface area contributed by atoms with Crippen molar-refractivity contribution >= 4 is 18.5 Å². The molecule has 0 radical (unpaired) electrons. The van der Waals surface area contributed by atoms with E-state index in [1.807, 2.05) is 13.0 Å². The fourth-order valence-electron chi connectivity index (χ4n) is 1.35. The van der Waals surface area contributed by atoms with Gasteiger partial charge < -0.3 is 4.90 Å². The number of nitrogens with zero attached hydrogens (tertiary/aromatic N) is 3. The third-order valence-corrected chi connectivity index (χ3v) is 2.31. The summed E-state index contributed by atoms with van der Waals surface area (Å²) in [5.41, 5.74) is 6.05. The van der Waals surface area contributed by atoms with Crippen molar-refractivity contribution in [3.63, 3.8) is 0 Å². The minimum atomic E-state index is 0.785. The highest BCUT2D eigenvalue weighted by Gasteiger charge is 2.13. The molecule has 0 bridgehead atoms. The van der Waals surface area contributed by atoms with Crippen LogP contribution in [0.2, 0.25) is 0 Å². The highest BCUT2D eigenvalue weighted by molar-refractivity contribution is 7.84.